The topological polar surface area (TPSA) is 73.9 Å². The molecule has 0 spiro atoms. The Kier molecular flexibility index (Phi) is 7.16. The van der Waals surface area contributed by atoms with Crippen molar-refractivity contribution in [1.29, 1.82) is 0 Å². The fraction of sp³-hybridized carbons (Fsp3) is 0.520. The van der Waals surface area contributed by atoms with Crippen LogP contribution in [0.5, 0.6) is 0 Å². The van der Waals surface area contributed by atoms with Crippen molar-refractivity contribution in [2.24, 2.45) is 5.92 Å². The number of likely N-dealkylation sites (tertiary alicyclic amines) is 1. The maximum absolute atomic E-state index is 13.0. The van der Waals surface area contributed by atoms with E-state index in [1.807, 2.05) is 18.2 Å². The van der Waals surface area contributed by atoms with Crippen LogP contribution in [0.4, 0.5) is 17.1 Å². The Hall–Kier alpha value is -2.29. The number of piperidine rings is 1. The number of nitrogens with zero attached hydrogens (tertiary/aromatic N) is 2. The van der Waals surface area contributed by atoms with Crippen molar-refractivity contribution in [2.45, 2.75) is 58.3 Å². The molecule has 2 aromatic carbocycles. The Labute approximate surface area is 198 Å². The summed E-state index contributed by atoms with van der Waals surface area (Å²) in [5.74, 6) is 0.474. The Morgan fingerprint density at radius 2 is 1.97 bits per heavy atom. The molecule has 0 saturated carbocycles. The molecule has 1 saturated heterocycles. The number of para-hydroxylation sites is 2. The van der Waals surface area contributed by atoms with Crippen LogP contribution in [0.2, 0.25) is 0 Å². The third kappa shape index (κ3) is 5.13. The molecule has 4 rings (SSSR count). The van der Waals surface area contributed by atoms with Gasteiger partial charge in [-0.3, -0.25) is 4.72 Å². The molecule has 8 heteroatoms. The second kappa shape index (κ2) is 9.91. The Bertz CT molecular complexity index is 1060. The summed E-state index contributed by atoms with van der Waals surface area (Å²) in [4.78, 5) is 7.82. The van der Waals surface area contributed by atoms with Gasteiger partial charge >= 0.3 is 10.2 Å². The molecule has 1 fully saturated rings. The smallest absolute Gasteiger partial charge is 0.303 e. The summed E-state index contributed by atoms with van der Waals surface area (Å²) in [6.45, 7) is 10.2. The average molecular weight is 473 g/mol. The molecule has 0 bridgehead atoms. The SMILES string of the molecule is CCCCCCN1CCC(C)(c2cccc(NS(=O)(=O)N3ONc4ccccc43)c2)C(C)C1. The lowest BCUT2D eigenvalue weighted by atomic mass is 9.68. The molecule has 2 aromatic rings. The number of benzene rings is 2. The number of nitrogens with one attached hydrogen (secondary N) is 2. The summed E-state index contributed by atoms with van der Waals surface area (Å²) in [5, 5.41) is 0. The van der Waals surface area contributed by atoms with Gasteiger partial charge in [0.05, 0.1) is 11.4 Å². The van der Waals surface area contributed by atoms with E-state index in [4.69, 9.17) is 4.94 Å². The van der Waals surface area contributed by atoms with E-state index in [1.54, 1.807) is 24.3 Å². The molecule has 33 heavy (non-hydrogen) atoms. The highest BCUT2D eigenvalue weighted by Crippen LogP contribution is 2.40. The highest BCUT2D eigenvalue weighted by molar-refractivity contribution is 7.93. The maximum Gasteiger partial charge on any atom is 0.348 e. The number of unbranched alkanes of at least 4 members (excludes halogenated alkanes) is 3. The van der Waals surface area contributed by atoms with Crippen molar-refractivity contribution in [1.82, 2.24) is 4.90 Å². The lowest BCUT2D eigenvalue weighted by Gasteiger charge is -2.45. The molecular weight excluding hydrogens is 436 g/mol. The zero-order valence-electron chi connectivity index (χ0n) is 19.9. The van der Waals surface area contributed by atoms with Gasteiger partial charge in [-0.15, -0.1) is 9.41 Å². The van der Waals surface area contributed by atoms with Crippen LogP contribution in [0.1, 0.15) is 58.4 Å². The molecule has 0 aliphatic carbocycles. The third-order valence-electron chi connectivity index (χ3n) is 7.22. The van der Waals surface area contributed by atoms with Gasteiger partial charge in [-0.1, -0.05) is 64.3 Å². The Morgan fingerprint density at radius 1 is 1.15 bits per heavy atom. The van der Waals surface area contributed by atoms with Gasteiger partial charge in [-0.2, -0.15) is 8.42 Å². The first-order chi connectivity index (χ1) is 15.8. The minimum absolute atomic E-state index is 0.000328. The predicted octanol–water partition coefficient (Wildman–Crippen LogP) is 5.30. The number of rotatable bonds is 9. The van der Waals surface area contributed by atoms with Crippen LogP contribution in [0.3, 0.4) is 0 Å². The number of fused-ring (bicyclic) bond motifs is 1. The summed E-state index contributed by atoms with van der Waals surface area (Å²) < 4.78 is 29.6. The quantitative estimate of drug-likeness (QED) is 0.485. The van der Waals surface area contributed by atoms with E-state index in [2.05, 4.69) is 41.9 Å². The Morgan fingerprint density at radius 3 is 2.76 bits per heavy atom. The van der Waals surface area contributed by atoms with E-state index in [-0.39, 0.29) is 5.41 Å². The van der Waals surface area contributed by atoms with Crippen molar-refractivity contribution >= 4 is 27.3 Å². The van der Waals surface area contributed by atoms with E-state index in [0.29, 0.717) is 23.0 Å². The lowest BCUT2D eigenvalue weighted by molar-refractivity contribution is 0.109. The van der Waals surface area contributed by atoms with Gasteiger partial charge in [-0.05, 0) is 67.1 Å². The summed E-state index contributed by atoms with van der Waals surface area (Å²) in [6.07, 6.45) is 6.22. The normalized spacial score (nSPS) is 23.2. The largest absolute Gasteiger partial charge is 0.348 e. The van der Waals surface area contributed by atoms with Gasteiger partial charge in [0.1, 0.15) is 5.69 Å². The van der Waals surface area contributed by atoms with Crippen molar-refractivity contribution in [2.75, 3.05) is 34.3 Å². The summed E-state index contributed by atoms with van der Waals surface area (Å²) in [7, 11) is -3.94. The summed E-state index contributed by atoms with van der Waals surface area (Å²) >= 11 is 0. The van der Waals surface area contributed by atoms with Gasteiger partial charge < -0.3 is 4.90 Å². The fourth-order valence-electron chi connectivity index (χ4n) is 4.88. The van der Waals surface area contributed by atoms with E-state index < -0.39 is 10.2 Å². The van der Waals surface area contributed by atoms with Crippen LogP contribution in [-0.4, -0.2) is 33.0 Å². The summed E-state index contributed by atoms with van der Waals surface area (Å²) in [5.41, 5.74) is 5.41. The molecule has 2 unspecified atom stereocenters. The molecular formula is C25H36N4O3S. The van der Waals surface area contributed by atoms with Crippen LogP contribution < -0.4 is 14.7 Å². The first kappa shape index (κ1) is 23.9. The number of hydrogen-bond donors (Lipinski definition) is 2. The third-order valence-corrected chi connectivity index (χ3v) is 8.42. The van der Waals surface area contributed by atoms with Crippen LogP contribution in [-0.2, 0) is 20.6 Å². The predicted molar refractivity (Wildman–Crippen MR) is 134 cm³/mol. The van der Waals surface area contributed by atoms with Crippen molar-refractivity contribution in [3.05, 3.63) is 54.1 Å². The summed E-state index contributed by atoms with van der Waals surface area (Å²) in [6, 6.07) is 14.9. The maximum atomic E-state index is 13.0. The van der Waals surface area contributed by atoms with Crippen LogP contribution in [0, 0.1) is 5.92 Å². The molecule has 0 aromatic heterocycles. The second-order valence-corrected chi connectivity index (χ2v) is 11.0. The van der Waals surface area contributed by atoms with Gasteiger partial charge in [0.2, 0.25) is 0 Å². The molecule has 0 amide bonds. The number of hydrogen-bond acceptors (Lipinski definition) is 5. The molecule has 2 N–H and O–H groups in total. The zero-order valence-corrected chi connectivity index (χ0v) is 20.7. The van der Waals surface area contributed by atoms with Gasteiger partial charge in [0.15, 0.2) is 0 Å². The minimum atomic E-state index is -3.94. The first-order valence-electron chi connectivity index (χ1n) is 12.0. The molecule has 0 radical (unpaired) electrons. The average Bonchev–Trinajstić information content (AvgIpc) is 3.24. The first-order valence-corrected chi connectivity index (χ1v) is 13.5. The van der Waals surface area contributed by atoms with Crippen molar-refractivity contribution in [3.8, 4) is 0 Å². The monoisotopic (exact) mass is 472 g/mol. The van der Waals surface area contributed by atoms with Crippen LogP contribution in [0.15, 0.2) is 48.5 Å². The van der Waals surface area contributed by atoms with Gasteiger partial charge in [0.25, 0.3) is 0 Å². The van der Waals surface area contributed by atoms with Gasteiger partial charge in [0, 0.05) is 6.54 Å². The van der Waals surface area contributed by atoms with Crippen molar-refractivity contribution in [3.63, 3.8) is 0 Å². The molecule has 2 heterocycles. The molecule has 2 atom stereocenters. The fourth-order valence-corrected chi connectivity index (χ4v) is 5.94. The Balaban J connectivity index is 1.45. The molecule has 180 valence electrons. The highest BCUT2D eigenvalue weighted by Gasteiger charge is 2.38. The zero-order chi connectivity index (χ0) is 23.5. The van der Waals surface area contributed by atoms with Crippen LogP contribution in [0.25, 0.3) is 0 Å². The van der Waals surface area contributed by atoms with E-state index >= 15 is 0 Å². The minimum Gasteiger partial charge on any atom is -0.303 e. The van der Waals surface area contributed by atoms with Crippen molar-refractivity contribution < 1.29 is 13.4 Å². The molecule has 7 nitrogen and oxygen atoms in total. The van der Waals surface area contributed by atoms with E-state index in [9.17, 15) is 8.42 Å². The van der Waals surface area contributed by atoms with E-state index in [0.717, 1.165) is 24.0 Å². The lowest BCUT2D eigenvalue weighted by Crippen LogP contribution is -2.47. The van der Waals surface area contributed by atoms with Crippen LogP contribution >= 0.6 is 0 Å². The standard InChI is InChI=1S/C25H36N4O3S/c1-4-5-6-9-16-28-17-15-25(3,20(2)19-28)21-11-10-12-22(18-21)27-33(30,31)29-24-14-8-7-13-23(24)26-32-29/h7-8,10-14,18,20,26-27H,4-6,9,15-17,19H2,1-3H3. The highest BCUT2D eigenvalue weighted by atomic mass is 32.2. The molecule has 2 aliphatic heterocycles. The molecule has 2 aliphatic rings. The number of anilines is 3. The van der Waals surface area contributed by atoms with Gasteiger partial charge in [-0.25, -0.2) is 5.48 Å². The van der Waals surface area contributed by atoms with E-state index in [1.165, 1.54) is 37.8 Å². The second-order valence-electron chi connectivity index (χ2n) is 9.56.